The van der Waals surface area contributed by atoms with Crippen molar-refractivity contribution in [2.75, 3.05) is 0 Å². The second-order valence-electron chi connectivity index (χ2n) is 5.39. The van der Waals surface area contributed by atoms with Crippen molar-refractivity contribution in [2.45, 2.75) is 20.0 Å². The Labute approximate surface area is 136 Å². The molecule has 0 radical (unpaired) electrons. The summed E-state index contributed by atoms with van der Waals surface area (Å²) in [6, 6.07) is 8.95. The first-order valence-corrected chi connectivity index (χ1v) is 7.10. The Kier molecular flexibility index (Phi) is 4.88. The molecule has 0 aliphatic carbocycles. The Morgan fingerprint density at radius 3 is 2.38 bits per heavy atom. The van der Waals surface area contributed by atoms with Gasteiger partial charge in [0.15, 0.2) is 0 Å². The molecule has 0 bridgehead atoms. The summed E-state index contributed by atoms with van der Waals surface area (Å²) < 4.78 is 40.5. The van der Waals surface area contributed by atoms with E-state index < -0.39 is 23.0 Å². The molecule has 1 aromatic carbocycles. The molecule has 1 aromatic heterocycles. The summed E-state index contributed by atoms with van der Waals surface area (Å²) in [5.41, 5.74) is -2.94. The van der Waals surface area contributed by atoms with E-state index in [0.717, 1.165) is 10.7 Å². The molecule has 0 spiro atoms. The fourth-order valence-electron chi connectivity index (χ4n) is 2.04. The van der Waals surface area contributed by atoms with Gasteiger partial charge in [0, 0.05) is 11.8 Å². The first-order valence-electron chi connectivity index (χ1n) is 7.10. The Morgan fingerprint density at radius 2 is 1.88 bits per heavy atom. The van der Waals surface area contributed by atoms with Crippen molar-refractivity contribution in [1.29, 1.82) is 0 Å². The maximum absolute atomic E-state index is 13.2. The van der Waals surface area contributed by atoms with Crippen LogP contribution in [0.4, 0.5) is 18.9 Å². The fourth-order valence-corrected chi connectivity index (χ4v) is 2.04. The topological polar surface area (TPSA) is 38.7 Å². The highest BCUT2D eigenvalue weighted by atomic mass is 19.4. The van der Waals surface area contributed by atoms with Crippen LogP contribution in [0.2, 0.25) is 0 Å². The number of hydrogen-bond acceptors (Lipinski definition) is 2. The van der Waals surface area contributed by atoms with Crippen molar-refractivity contribution in [3.05, 3.63) is 63.7 Å². The van der Waals surface area contributed by atoms with Crippen LogP contribution in [0.3, 0.4) is 0 Å². The molecule has 0 amide bonds. The lowest BCUT2D eigenvalue weighted by Crippen LogP contribution is -2.22. The standard InChI is InChI=1S/C17H14F3N3O/c1-11(2)10-22-23-14(12-7-5-4-6-8-12)9-13(17(18,19)20)15(21-3)16(23)24/h4-11H,1-2H3/b22-10+. The predicted octanol–water partition coefficient (Wildman–Crippen LogP) is 4.57. The highest BCUT2D eigenvalue weighted by Gasteiger charge is 2.36. The van der Waals surface area contributed by atoms with Gasteiger partial charge in [0.1, 0.15) is 0 Å². The number of halogens is 3. The average molecular weight is 333 g/mol. The number of aromatic nitrogens is 1. The van der Waals surface area contributed by atoms with E-state index in [2.05, 4.69) is 9.95 Å². The number of alkyl halides is 3. The molecule has 2 aromatic rings. The van der Waals surface area contributed by atoms with Crippen molar-refractivity contribution in [3.63, 3.8) is 0 Å². The van der Waals surface area contributed by atoms with E-state index in [0.29, 0.717) is 5.56 Å². The van der Waals surface area contributed by atoms with Crippen LogP contribution in [-0.2, 0) is 6.18 Å². The van der Waals surface area contributed by atoms with Crippen LogP contribution in [0.25, 0.3) is 16.1 Å². The first kappa shape index (κ1) is 17.5. The SMILES string of the molecule is [C-]#[N+]c1c(C(F)(F)F)cc(-c2ccccc2)n(/N=C/C(C)C)c1=O. The molecule has 0 N–H and O–H groups in total. The van der Waals surface area contributed by atoms with Crippen LogP contribution < -0.4 is 5.56 Å². The van der Waals surface area contributed by atoms with Crippen LogP contribution >= 0.6 is 0 Å². The van der Waals surface area contributed by atoms with Gasteiger partial charge in [-0.1, -0.05) is 44.2 Å². The Bertz CT molecular complexity index is 860. The maximum Gasteiger partial charge on any atom is 0.407 e. The molecule has 0 saturated heterocycles. The van der Waals surface area contributed by atoms with Crippen molar-refractivity contribution >= 4 is 11.9 Å². The third-order valence-corrected chi connectivity index (χ3v) is 3.13. The van der Waals surface area contributed by atoms with Gasteiger partial charge in [0.05, 0.1) is 17.8 Å². The van der Waals surface area contributed by atoms with E-state index in [4.69, 9.17) is 6.57 Å². The minimum absolute atomic E-state index is 0.0146. The second-order valence-corrected chi connectivity index (χ2v) is 5.39. The Hall–Kier alpha value is -2.88. The molecular weight excluding hydrogens is 319 g/mol. The van der Waals surface area contributed by atoms with Crippen molar-refractivity contribution in [1.82, 2.24) is 4.68 Å². The molecular formula is C17H14F3N3O. The normalized spacial score (nSPS) is 11.9. The Balaban J connectivity index is 2.87. The van der Waals surface area contributed by atoms with Crippen molar-refractivity contribution in [2.24, 2.45) is 11.0 Å². The van der Waals surface area contributed by atoms with Gasteiger partial charge in [-0.25, -0.2) is 9.52 Å². The largest absolute Gasteiger partial charge is 0.407 e. The number of hydrogen-bond donors (Lipinski definition) is 0. The molecule has 0 atom stereocenters. The van der Waals surface area contributed by atoms with Crippen LogP contribution in [-0.4, -0.2) is 10.9 Å². The van der Waals surface area contributed by atoms with E-state index in [1.165, 1.54) is 6.21 Å². The van der Waals surface area contributed by atoms with Gasteiger partial charge in [0.2, 0.25) is 0 Å². The predicted molar refractivity (Wildman–Crippen MR) is 86.1 cm³/mol. The van der Waals surface area contributed by atoms with Gasteiger partial charge < -0.3 is 0 Å². The fraction of sp³-hybridized carbons (Fsp3) is 0.235. The van der Waals surface area contributed by atoms with E-state index in [1.54, 1.807) is 30.3 Å². The Morgan fingerprint density at radius 1 is 1.25 bits per heavy atom. The molecule has 7 heteroatoms. The monoisotopic (exact) mass is 333 g/mol. The summed E-state index contributed by atoms with van der Waals surface area (Å²) in [6.45, 7) is 10.6. The highest BCUT2D eigenvalue weighted by Crippen LogP contribution is 2.36. The summed E-state index contributed by atoms with van der Waals surface area (Å²) in [5, 5.41) is 3.98. The molecule has 0 fully saturated rings. The molecule has 0 aliphatic rings. The van der Waals surface area contributed by atoms with Crippen LogP contribution in [0, 0.1) is 12.5 Å². The molecule has 0 unspecified atom stereocenters. The lowest BCUT2D eigenvalue weighted by molar-refractivity contribution is -0.136. The summed E-state index contributed by atoms with van der Waals surface area (Å²) in [6.07, 6.45) is -3.36. The lowest BCUT2D eigenvalue weighted by Gasteiger charge is -2.14. The minimum Gasteiger partial charge on any atom is -0.281 e. The smallest absolute Gasteiger partial charge is 0.281 e. The third kappa shape index (κ3) is 3.54. The summed E-state index contributed by atoms with van der Waals surface area (Å²) in [7, 11) is 0. The van der Waals surface area contributed by atoms with Crippen molar-refractivity contribution < 1.29 is 13.2 Å². The molecule has 1 heterocycles. The summed E-state index contributed by atoms with van der Waals surface area (Å²) in [4.78, 5) is 15.2. The van der Waals surface area contributed by atoms with E-state index in [-0.39, 0.29) is 11.6 Å². The van der Waals surface area contributed by atoms with Crippen LogP contribution in [0.5, 0.6) is 0 Å². The molecule has 2 rings (SSSR count). The molecule has 0 saturated carbocycles. The molecule has 0 aliphatic heterocycles. The summed E-state index contributed by atoms with van der Waals surface area (Å²) >= 11 is 0. The van der Waals surface area contributed by atoms with Gasteiger partial charge in [-0.3, -0.25) is 4.79 Å². The van der Waals surface area contributed by atoms with E-state index in [1.807, 2.05) is 13.8 Å². The second kappa shape index (κ2) is 6.71. The molecule has 4 nitrogen and oxygen atoms in total. The van der Waals surface area contributed by atoms with E-state index >= 15 is 0 Å². The number of rotatable bonds is 3. The van der Waals surface area contributed by atoms with Gasteiger partial charge >= 0.3 is 6.18 Å². The van der Waals surface area contributed by atoms with Gasteiger partial charge in [-0.2, -0.15) is 18.3 Å². The number of nitrogens with zero attached hydrogens (tertiary/aromatic N) is 3. The molecule has 24 heavy (non-hydrogen) atoms. The lowest BCUT2D eigenvalue weighted by atomic mass is 10.1. The third-order valence-electron chi connectivity index (χ3n) is 3.13. The van der Waals surface area contributed by atoms with Gasteiger partial charge in [0.25, 0.3) is 11.2 Å². The first-order chi connectivity index (χ1) is 11.3. The van der Waals surface area contributed by atoms with Gasteiger partial charge in [-0.05, 0) is 12.0 Å². The number of benzene rings is 1. The maximum atomic E-state index is 13.2. The van der Waals surface area contributed by atoms with Crippen LogP contribution in [0.15, 0.2) is 46.3 Å². The zero-order chi connectivity index (χ0) is 17.9. The van der Waals surface area contributed by atoms with E-state index in [9.17, 15) is 18.0 Å². The van der Waals surface area contributed by atoms with Crippen molar-refractivity contribution in [3.8, 4) is 11.3 Å². The minimum atomic E-state index is -4.80. The summed E-state index contributed by atoms with van der Waals surface area (Å²) in [5.74, 6) is -0.0146. The average Bonchev–Trinajstić information content (AvgIpc) is 2.52. The van der Waals surface area contributed by atoms with Crippen LogP contribution in [0.1, 0.15) is 19.4 Å². The quantitative estimate of drug-likeness (QED) is 0.599. The zero-order valence-corrected chi connectivity index (χ0v) is 13.0. The molecule has 124 valence electrons. The highest BCUT2D eigenvalue weighted by molar-refractivity contribution is 5.67. The van der Waals surface area contributed by atoms with Gasteiger partial charge in [-0.15, -0.1) is 0 Å². The zero-order valence-electron chi connectivity index (χ0n) is 13.0. The number of pyridine rings is 1.